The molecule has 1 saturated heterocycles. The Hall–Kier alpha value is -1.55. The molecule has 1 amide bonds. The van der Waals surface area contributed by atoms with Crippen molar-refractivity contribution in [2.45, 2.75) is 19.4 Å². The van der Waals surface area contributed by atoms with Crippen molar-refractivity contribution in [1.82, 2.24) is 4.90 Å². The molecule has 92 valence electrons. The lowest BCUT2D eigenvalue weighted by molar-refractivity contribution is 0.135. The Morgan fingerprint density at radius 2 is 2.24 bits per heavy atom. The smallest absolute Gasteiger partial charge is 0.410 e. The maximum Gasteiger partial charge on any atom is 0.410 e. The number of hydrogen-bond donors (Lipinski definition) is 1. The van der Waals surface area contributed by atoms with Gasteiger partial charge in [0.05, 0.1) is 6.54 Å². The van der Waals surface area contributed by atoms with Crippen LogP contribution in [0.4, 0.5) is 4.79 Å². The summed E-state index contributed by atoms with van der Waals surface area (Å²) in [5.41, 5.74) is 8.02. The highest BCUT2D eigenvalue weighted by molar-refractivity contribution is 5.69. The highest BCUT2D eigenvalue weighted by Crippen LogP contribution is 2.13. The van der Waals surface area contributed by atoms with Gasteiger partial charge < -0.3 is 15.4 Å². The Labute approximate surface area is 101 Å². The molecule has 1 heterocycles. The molecule has 1 aromatic carbocycles. The molecule has 0 spiro atoms. The molecule has 1 atom stereocenters. The molecule has 1 fully saturated rings. The molecular formula is C13H18N2O2. The van der Waals surface area contributed by atoms with Crippen LogP contribution < -0.4 is 5.73 Å². The van der Waals surface area contributed by atoms with E-state index in [1.807, 2.05) is 12.1 Å². The quantitative estimate of drug-likeness (QED) is 0.854. The zero-order valence-electron chi connectivity index (χ0n) is 10.1. The van der Waals surface area contributed by atoms with Crippen molar-refractivity contribution in [3.8, 4) is 0 Å². The number of nitrogens with zero attached hydrogens (tertiary/aromatic N) is 1. The number of carbonyl (C=O) groups is 1. The Balaban J connectivity index is 1.91. The molecule has 0 bridgehead atoms. The summed E-state index contributed by atoms with van der Waals surface area (Å²) >= 11 is 0. The molecular weight excluding hydrogens is 216 g/mol. The van der Waals surface area contributed by atoms with Gasteiger partial charge in [0, 0.05) is 13.1 Å². The van der Waals surface area contributed by atoms with E-state index in [2.05, 4.69) is 19.1 Å². The highest BCUT2D eigenvalue weighted by Gasteiger charge is 2.29. The number of cyclic esters (lactones) is 1. The maximum absolute atomic E-state index is 11.5. The second kappa shape index (κ2) is 5.19. The van der Waals surface area contributed by atoms with Gasteiger partial charge in [0.25, 0.3) is 0 Å². The third kappa shape index (κ3) is 2.77. The van der Waals surface area contributed by atoms with E-state index >= 15 is 0 Å². The van der Waals surface area contributed by atoms with Gasteiger partial charge in [-0.15, -0.1) is 0 Å². The molecule has 1 unspecified atom stereocenters. The Kier molecular flexibility index (Phi) is 3.64. The van der Waals surface area contributed by atoms with Crippen molar-refractivity contribution in [2.24, 2.45) is 5.73 Å². The molecule has 1 aliphatic rings. The Morgan fingerprint density at radius 3 is 2.88 bits per heavy atom. The van der Waals surface area contributed by atoms with Gasteiger partial charge in [-0.3, -0.25) is 0 Å². The van der Waals surface area contributed by atoms with Gasteiger partial charge in [0.2, 0.25) is 0 Å². The van der Waals surface area contributed by atoms with Crippen molar-refractivity contribution in [3.63, 3.8) is 0 Å². The van der Waals surface area contributed by atoms with E-state index in [9.17, 15) is 4.79 Å². The predicted molar refractivity (Wildman–Crippen MR) is 65.8 cm³/mol. The van der Waals surface area contributed by atoms with Gasteiger partial charge in [0.1, 0.15) is 6.10 Å². The fourth-order valence-electron chi connectivity index (χ4n) is 2.03. The molecule has 2 rings (SSSR count). The average Bonchev–Trinajstić information content (AvgIpc) is 2.69. The molecule has 0 radical (unpaired) electrons. The van der Waals surface area contributed by atoms with Crippen LogP contribution in [0, 0.1) is 6.92 Å². The van der Waals surface area contributed by atoms with E-state index in [1.165, 1.54) is 11.1 Å². The summed E-state index contributed by atoms with van der Waals surface area (Å²) in [4.78, 5) is 13.2. The number of benzene rings is 1. The SMILES string of the molecule is Cc1ccccc1CCN1CC(CN)OC1=O. The molecule has 1 aliphatic heterocycles. The Morgan fingerprint density at radius 1 is 1.47 bits per heavy atom. The van der Waals surface area contributed by atoms with Gasteiger partial charge in [-0.05, 0) is 24.5 Å². The van der Waals surface area contributed by atoms with E-state index < -0.39 is 0 Å². The Bertz CT molecular complexity index is 406. The minimum atomic E-state index is -0.242. The molecule has 4 nitrogen and oxygen atoms in total. The van der Waals surface area contributed by atoms with Gasteiger partial charge in [0.15, 0.2) is 0 Å². The number of ether oxygens (including phenoxy) is 1. The fourth-order valence-corrected chi connectivity index (χ4v) is 2.03. The molecule has 0 aliphatic carbocycles. The first-order valence-electron chi connectivity index (χ1n) is 5.91. The molecule has 0 aromatic heterocycles. The fraction of sp³-hybridized carbons (Fsp3) is 0.462. The minimum absolute atomic E-state index is 0.139. The summed E-state index contributed by atoms with van der Waals surface area (Å²) in [5.74, 6) is 0. The largest absolute Gasteiger partial charge is 0.443 e. The van der Waals surface area contributed by atoms with Gasteiger partial charge in [-0.2, -0.15) is 0 Å². The van der Waals surface area contributed by atoms with Crippen molar-refractivity contribution in [3.05, 3.63) is 35.4 Å². The summed E-state index contributed by atoms with van der Waals surface area (Å²) < 4.78 is 5.10. The van der Waals surface area contributed by atoms with Crippen molar-refractivity contribution in [2.75, 3.05) is 19.6 Å². The zero-order chi connectivity index (χ0) is 12.3. The van der Waals surface area contributed by atoms with Crippen LogP contribution in [-0.4, -0.2) is 36.7 Å². The third-order valence-electron chi connectivity index (χ3n) is 3.12. The topological polar surface area (TPSA) is 55.6 Å². The van der Waals surface area contributed by atoms with E-state index in [4.69, 9.17) is 10.5 Å². The van der Waals surface area contributed by atoms with Gasteiger partial charge in [-0.1, -0.05) is 24.3 Å². The second-order valence-corrected chi connectivity index (χ2v) is 4.36. The van der Waals surface area contributed by atoms with E-state index in [1.54, 1.807) is 4.90 Å². The summed E-state index contributed by atoms with van der Waals surface area (Å²) in [6, 6.07) is 8.22. The summed E-state index contributed by atoms with van der Waals surface area (Å²) in [6.45, 7) is 3.79. The van der Waals surface area contributed by atoms with Gasteiger partial charge >= 0.3 is 6.09 Å². The van der Waals surface area contributed by atoms with Crippen LogP contribution in [-0.2, 0) is 11.2 Å². The average molecular weight is 234 g/mol. The molecule has 17 heavy (non-hydrogen) atoms. The molecule has 4 heteroatoms. The number of aryl methyl sites for hydroxylation is 1. The number of hydrogen-bond acceptors (Lipinski definition) is 3. The highest BCUT2D eigenvalue weighted by atomic mass is 16.6. The molecule has 2 N–H and O–H groups in total. The van der Waals surface area contributed by atoms with Crippen LogP contribution in [0.5, 0.6) is 0 Å². The van der Waals surface area contributed by atoms with Crippen LogP contribution in [0.1, 0.15) is 11.1 Å². The molecule has 0 saturated carbocycles. The lowest BCUT2D eigenvalue weighted by atomic mass is 10.1. The number of nitrogens with two attached hydrogens (primary N) is 1. The first kappa shape index (κ1) is 11.9. The minimum Gasteiger partial charge on any atom is -0.443 e. The van der Waals surface area contributed by atoms with E-state index in [-0.39, 0.29) is 12.2 Å². The van der Waals surface area contributed by atoms with Crippen LogP contribution in [0.15, 0.2) is 24.3 Å². The monoisotopic (exact) mass is 234 g/mol. The van der Waals surface area contributed by atoms with Crippen LogP contribution in [0.25, 0.3) is 0 Å². The number of rotatable bonds is 4. The van der Waals surface area contributed by atoms with E-state index in [0.717, 1.165) is 6.42 Å². The number of amides is 1. The van der Waals surface area contributed by atoms with Gasteiger partial charge in [-0.25, -0.2) is 4.79 Å². The van der Waals surface area contributed by atoms with E-state index in [0.29, 0.717) is 19.6 Å². The third-order valence-corrected chi connectivity index (χ3v) is 3.12. The van der Waals surface area contributed by atoms with Crippen LogP contribution in [0.2, 0.25) is 0 Å². The van der Waals surface area contributed by atoms with Crippen LogP contribution >= 0.6 is 0 Å². The lowest BCUT2D eigenvalue weighted by Crippen LogP contribution is -2.29. The standard InChI is InChI=1S/C13H18N2O2/c1-10-4-2-3-5-11(10)6-7-15-9-12(8-14)17-13(15)16/h2-5,12H,6-9,14H2,1H3. The maximum atomic E-state index is 11.5. The summed E-state index contributed by atoms with van der Waals surface area (Å²) in [5, 5.41) is 0. The first-order chi connectivity index (χ1) is 8.20. The predicted octanol–water partition coefficient (Wildman–Crippen LogP) is 1.32. The number of carbonyl (C=O) groups excluding carboxylic acids is 1. The van der Waals surface area contributed by atoms with Crippen molar-refractivity contribution < 1.29 is 9.53 Å². The van der Waals surface area contributed by atoms with Crippen molar-refractivity contribution in [1.29, 1.82) is 0 Å². The van der Waals surface area contributed by atoms with Crippen molar-refractivity contribution >= 4 is 6.09 Å². The lowest BCUT2D eigenvalue weighted by Gasteiger charge is -2.13. The summed E-state index contributed by atoms with van der Waals surface area (Å²) in [7, 11) is 0. The normalized spacial score (nSPS) is 19.5. The van der Waals surface area contributed by atoms with Crippen LogP contribution in [0.3, 0.4) is 0 Å². The zero-order valence-corrected chi connectivity index (χ0v) is 10.1. The second-order valence-electron chi connectivity index (χ2n) is 4.36. The first-order valence-corrected chi connectivity index (χ1v) is 5.91. The molecule has 1 aromatic rings. The summed E-state index contributed by atoms with van der Waals surface area (Å²) in [6.07, 6.45) is 0.479.